The minimum absolute atomic E-state index is 0.0718. The molecule has 1 unspecified atom stereocenters. The van der Waals surface area contributed by atoms with Gasteiger partial charge in [-0.05, 0) is 55.3 Å². The molecule has 0 aliphatic carbocycles. The van der Waals surface area contributed by atoms with Gasteiger partial charge in [0.2, 0.25) is 5.91 Å². The molecular formula is C25H31BrN4O2. The van der Waals surface area contributed by atoms with E-state index in [1.165, 1.54) is 5.56 Å². The highest BCUT2D eigenvalue weighted by Crippen LogP contribution is 2.21. The Bertz CT molecular complexity index is 941. The first-order valence-electron chi connectivity index (χ1n) is 11.3. The number of carbonyl (C=O) groups is 2. The van der Waals surface area contributed by atoms with Crippen LogP contribution in [0.3, 0.4) is 0 Å². The summed E-state index contributed by atoms with van der Waals surface area (Å²) in [4.78, 5) is 32.4. The Labute approximate surface area is 198 Å². The minimum Gasteiger partial charge on any atom is -0.350 e. The zero-order valence-electron chi connectivity index (χ0n) is 18.6. The molecule has 0 saturated carbocycles. The summed E-state index contributed by atoms with van der Waals surface area (Å²) < 4.78 is 0.930. The van der Waals surface area contributed by atoms with Gasteiger partial charge in [-0.1, -0.05) is 40.2 Å². The van der Waals surface area contributed by atoms with Crippen molar-refractivity contribution in [3.63, 3.8) is 0 Å². The van der Waals surface area contributed by atoms with E-state index in [4.69, 9.17) is 0 Å². The number of carbonyl (C=O) groups excluding carboxylic acids is 2. The van der Waals surface area contributed by atoms with Crippen molar-refractivity contribution in [3.8, 4) is 0 Å². The van der Waals surface area contributed by atoms with Crippen LogP contribution in [0.2, 0.25) is 0 Å². The molecule has 2 aliphatic rings. The number of nitrogens with one attached hydrogen (secondary N) is 1. The summed E-state index contributed by atoms with van der Waals surface area (Å²) in [6.07, 6.45) is 1.55. The normalized spacial score (nSPS) is 19.8. The van der Waals surface area contributed by atoms with E-state index >= 15 is 0 Å². The van der Waals surface area contributed by atoms with Gasteiger partial charge in [0.15, 0.2) is 0 Å². The van der Waals surface area contributed by atoms with Gasteiger partial charge in [0.25, 0.3) is 5.91 Å². The number of rotatable bonds is 6. The van der Waals surface area contributed by atoms with E-state index in [1.807, 2.05) is 18.2 Å². The number of likely N-dealkylation sites (tertiary alicyclic amines) is 1. The molecule has 7 heteroatoms. The molecule has 2 aromatic rings. The lowest BCUT2D eigenvalue weighted by atomic mass is 10.1. The van der Waals surface area contributed by atoms with Crippen LogP contribution in [0.5, 0.6) is 0 Å². The molecule has 0 bridgehead atoms. The van der Waals surface area contributed by atoms with Crippen molar-refractivity contribution < 1.29 is 9.59 Å². The zero-order chi connectivity index (χ0) is 22.5. The van der Waals surface area contributed by atoms with Crippen molar-refractivity contribution in [1.29, 1.82) is 0 Å². The maximum Gasteiger partial charge on any atom is 0.254 e. The lowest BCUT2D eigenvalue weighted by molar-refractivity contribution is -0.125. The molecule has 2 saturated heterocycles. The molecule has 32 heavy (non-hydrogen) atoms. The van der Waals surface area contributed by atoms with Crippen molar-refractivity contribution in [2.75, 3.05) is 39.8 Å². The minimum atomic E-state index is -0.403. The van der Waals surface area contributed by atoms with Crippen LogP contribution in [-0.2, 0) is 17.9 Å². The number of benzene rings is 2. The van der Waals surface area contributed by atoms with Crippen LogP contribution in [0.1, 0.15) is 34.3 Å². The smallest absolute Gasteiger partial charge is 0.254 e. The van der Waals surface area contributed by atoms with Gasteiger partial charge in [-0.15, -0.1) is 0 Å². The number of halogens is 1. The third kappa shape index (κ3) is 5.77. The molecule has 2 aromatic carbocycles. The fourth-order valence-corrected chi connectivity index (χ4v) is 4.71. The van der Waals surface area contributed by atoms with Gasteiger partial charge in [0.05, 0.1) is 0 Å². The van der Waals surface area contributed by atoms with E-state index in [-0.39, 0.29) is 11.8 Å². The van der Waals surface area contributed by atoms with Crippen molar-refractivity contribution in [1.82, 2.24) is 20.0 Å². The van der Waals surface area contributed by atoms with Gasteiger partial charge in [-0.3, -0.25) is 14.5 Å². The first-order chi connectivity index (χ1) is 15.5. The van der Waals surface area contributed by atoms with Crippen molar-refractivity contribution in [3.05, 3.63) is 69.7 Å². The summed E-state index contributed by atoms with van der Waals surface area (Å²) in [6, 6.07) is 15.3. The molecule has 2 heterocycles. The Morgan fingerprint density at radius 3 is 2.47 bits per heavy atom. The summed E-state index contributed by atoms with van der Waals surface area (Å²) in [5.74, 6) is -0.151. The molecule has 2 amide bonds. The average molecular weight is 499 g/mol. The molecule has 0 radical (unpaired) electrons. The third-order valence-electron chi connectivity index (χ3n) is 6.37. The predicted octanol–water partition coefficient (Wildman–Crippen LogP) is 3.12. The standard InChI is InChI=1S/C25H31BrN4O2/c1-28-12-14-29(15-13-28)18-20-5-2-4-19(16-20)17-27-24(31)23-6-3-11-30(23)25(32)21-7-9-22(26)10-8-21/h2,4-5,7-10,16,23H,3,6,11-15,17-18H2,1H3,(H,27,31). The lowest BCUT2D eigenvalue weighted by Gasteiger charge is -2.32. The highest BCUT2D eigenvalue weighted by Gasteiger charge is 2.34. The fourth-order valence-electron chi connectivity index (χ4n) is 4.45. The van der Waals surface area contributed by atoms with Gasteiger partial charge in [0.1, 0.15) is 6.04 Å². The van der Waals surface area contributed by atoms with E-state index in [1.54, 1.807) is 17.0 Å². The van der Waals surface area contributed by atoms with Gasteiger partial charge in [-0.2, -0.15) is 0 Å². The maximum absolute atomic E-state index is 12.9. The van der Waals surface area contributed by atoms with Crippen LogP contribution in [0.4, 0.5) is 0 Å². The number of hydrogen-bond acceptors (Lipinski definition) is 4. The first kappa shape index (κ1) is 23.0. The van der Waals surface area contributed by atoms with Gasteiger partial charge in [0, 0.05) is 55.8 Å². The van der Waals surface area contributed by atoms with E-state index in [0.29, 0.717) is 25.1 Å². The Kier molecular flexibility index (Phi) is 7.60. The number of amides is 2. The van der Waals surface area contributed by atoms with Crippen LogP contribution < -0.4 is 5.32 Å². The molecular weight excluding hydrogens is 468 g/mol. The molecule has 6 nitrogen and oxygen atoms in total. The lowest BCUT2D eigenvalue weighted by Crippen LogP contribution is -2.45. The van der Waals surface area contributed by atoms with E-state index in [9.17, 15) is 9.59 Å². The zero-order valence-corrected chi connectivity index (χ0v) is 20.2. The quantitative estimate of drug-likeness (QED) is 0.664. The second kappa shape index (κ2) is 10.6. The summed E-state index contributed by atoms with van der Waals surface area (Å²) in [6.45, 7) is 6.41. The first-order valence-corrected chi connectivity index (χ1v) is 12.1. The van der Waals surface area contributed by atoms with E-state index in [0.717, 1.165) is 49.2 Å². The number of likely N-dealkylation sites (N-methyl/N-ethyl adjacent to an activating group) is 1. The van der Waals surface area contributed by atoms with Crippen LogP contribution in [0, 0.1) is 0 Å². The Balaban J connectivity index is 1.33. The fraction of sp³-hybridized carbons (Fsp3) is 0.440. The number of piperazine rings is 1. The predicted molar refractivity (Wildman–Crippen MR) is 129 cm³/mol. The molecule has 4 rings (SSSR count). The van der Waals surface area contributed by atoms with Crippen LogP contribution in [-0.4, -0.2) is 72.3 Å². The van der Waals surface area contributed by atoms with E-state index < -0.39 is 6.04 Å². The van der Waals surface area contributed by atoms with E-state index in [2.05, 4.69) is 56.3 Å². The molecule has 170 valence electrons. The Morgan fingerprint density at radius 1 is 1.00 bits per heavy atom. The average Bonchev–Trinajstić information content (AvgIpc) is 3.29. The maximum atomic E-state index is 12.9. The van der Waals surface area contributed by atoms with Crippen molar-refractivity contribution >= 4 is 27.7 Å². The van der Waals surface area contributed by atoms with Gasteiger partial charge < -0.3 is 15.1 Å². The third-order valence-corrected chi connectivity index (χ3v) is 6.90. The number of nitrogens with zero attached hydrogens (tertiary/aromatic N) is 3. The molecule has 0 aromatic heterocycles. The van der Waals surface area contributed by atoms with Gasteiger partial charge >= 0.3 is 0 Å². The number of hydrogen-bond donors (Lipinski definition) is 1. The Hall–Kier alpha value is -2.22. The molecule has 0 spiro atoms. The summed E-state index contributed by atoms with van der Waals surface area (Å²) in [5, 5.41) is 3.06. The Morgan fingerprint density at radius 2 is 1.72 bits per heavy atom. The van der Waals surface area contributed by atoms with Gasteiger partial charge in [-0.25, -0.2) is 0 Å². The second-order valence-electron chi connectivity index (χ2n) is 8.78. The highest BCUT2D eigenvalue weighted by atomic mass is 79.9. The largest absolute Gasteiger partial charge is 0.350 e. The monoisotopic (exact) mass is 498 g/mol. The molecule has 1 N–H and O–H groups in total. The molecule has 2 fully saturated rings. The summed E-state index contributed by atoms with van der Waals surface area (Å²) >= 11 is 3.40. The second-order valence-corrected chi connectivity index (χ2v) is 9.70. The van der Waals surface area contributed by atoms with Crippen molar-refractivity contribution in [2.45, 2.75) is 32.0 Å². The van der Waals surface area contributed by atoms with Crippen LogP contribution in [0.15, 0.2) is 53.0 Å². The molecule has 1 atom stereocenters. The summed E-state index contributed by atoms with van der Waals surface area (Å²) in [5.41, 5.74) is 2.98. The van der Waals surface area contributed by atoms with Crippen LogP contribution in [0.25, 0.3) is 0 Å². The SMILES string of the molecule is CN1CCN(Cc2cccc(CNC(=O)C3CCCN3C(=O)c3ccc(Br)cc3)c2)CC1. The topological polar surface area (TPSA) is 55.9 Å². The molecule has 2 aliphatic heterocycles. The summed E-state index contributed by atoms with van der Waals surface area (Å²) in [7, 11) is 2.17. The highest BCUT2D eigenvalue weighted by molar-refractivity contribution is 9.10. The van der Waals surface area contributed by atoms with Crippen molar-refractivity contribution in [2.24, 2.45) is 0 Å². The van der Waals surface area contributed by atoms with Crippen LogP contribution >= 0.6 is 15.9 Å².